The average Bonchev–Trinajstić information content (AvgIpc) is 2.66. The number of hydrogen-bond donors (Lipinski definition) is 1. The van der Waals surface area contributed by atoms with Gasteiger partial charge < -0.3 is 10.2 Å². The minimum Gasteiger partial charge on any atom is -0.341 e. The molecule has 1 aromatic heterocycles. The Morgan fingerprint density at radius 1 is 1.45 bits per heavy atom. The zero-order chi connectivity index (χ0) is 14.5. The third-order valence-corrected chi connectivity index (χ3v) is 5.46. The number of nitrogens with one attached hydrogen (secondary N) is 1. The van der Waals surface area contributed by atoms with E-state index in [0.29, 0.717) is 6.54 Å². The summed E-state index contributed by atoms with van der Waals surface area (Å²) in [5, 5.41) is 7.30. The molecule has 1 amide bonds. The van der Waals surface area contributed by atoms with Crippen LogP contribution in [0.3, 0.4) is 0 Å². The molecule has 0 aliphatic carbocycles. The number of sulfone groups is 1. The Morgan fingerprint density at radius 2 is 2.20 bits per heavy atom. The van der Waals surface area contributed by atoms with Crippen molar-refractivity contribution >= 4 is 27.2 Å². The van der Waals surface area contributed by atoms with Crippen molar-refractivity contribution in [3.05, 3.63) is 5.69 Å². The van der Waals surface area contributed by atoms with E-state index < -0.39 is 15.9 Å². The van der Waals surface area contributed by atoms with Crippen molar-refractivity contribution in [2.75, 3.05) is 28.3 Å². The molecule has 20 heavy (non-hydrogen) atoms. The van der Waals surface area contributed by atoms with Crippen molar-refractivity contribution in [3.63, 3.8) is 0 Å². The molecule has 1 N–H and O–H groups in total. The molecule has 2 aliphatic heterocycles. The van der Waals surface area contributed by atoms with Crippen molar-refractivity contribution in [1.29, 1.82) is 0 Å². The summed E-state index contributed by atoms with van der Waals surface area (Å²) in [6.45, 7) is 2.40. The Bertz CT molecular complexity index is 664. The quantitative estimate of drug-likeness (QED) is 0.826. The summed E-state index contributed by atoms with van der Waals surface area (Å²) in [5.41, 5.74) is 1.61. The fraction of sp³-hybridized carbons (Fsp3) is 0.667. The van der Waals surface area contributed by atoms with Gasteiger partial charge in [-0.15, -0.1) is 0 Å². The average molecular weight is 298 g/mol. The third kappa shape index (κ3) is 1.98. The maximum absolute atomic E-state index is 12.2. The van der Waals surface area contributed by atoms with Crippen LogP contribution in [0.4, 0.5) is 11.5 Å². The number of aryl methyl sites for hydroxylation is 2. The monoisotopic (exact) mass is 298 g/mol. The molecule has 110 valence electrons. The van der Waals surface area contributed by atoms with Crippen molar-refractivity contribution in [3.8, 4) is 0 Å². The van der Waals surface area contributed by atoms with Crippen LogP contribution in [0.1, 0.15) is 19.0 Å². The van der Waals surface area contributed by atoms with E-state index in [1.165, 1.54) is 0 Å². The molecular formula is C12H18N4O3S. The summed E-state index contributed by atoms with van der Waals surface area (Å²) < 4.78 is 25.2. The van der Waals surface area contributed by atoms with Crippen LogP contribution < -0.4 is 10.2 Å². The second kappa shape index (κ2) is 4.47. The molecule has 1 atom stereocenters. The number of carbonyl (C=O) groups excluding carboxylic acids is 1. The lowest BCUT2D eigenvalue weighted by atomic mass is 10.1. The van der Waals surface area contributed by atoms with Crippen molar-refractivity contribution < 1.29 is 13.2 Å². The fourth-order valence-corrected chi connectivity index (χ4v) is 4.38. The fourth-order valence-electron chi connectivity index (χ4n) is 2.92. The van der Waals surface area contributed by atoms with Crippen LogP contribution in [-0.2, 0) is 28.1 Å². The van der Waals surface area contributed by atoms with Crippen LogP contribution in [0.25, 0.3) is 0 Å². The molecule has 0 aromatic carbocycles. The van der Waals surface area contributed by atoms with Gasteiger partial charge in [-0.1, -0.05) is 13.3 Å². The Labute approximate surface area is 117 Å². The maximum Gasteiger partial charge on any atom is 0.248 e. The lowest BCUT2D eigenvalue weighted by molar-refractivity contribution is -0.117. The first-order valence-electron chi connectivity index (χ1n) is 6.76. The number of rotatable bonds is 2. The highest BCUT2D eigenvalue weighted by Gasteiger charge is 2.42. The molecule has 1 saturated heterocycles. The van der Waals surface area contributed by atoms with Gasteiger partial charge in [0.1, 0.15) is 11.7 Å². The number of carbonyl (C=O) groups is 1. The Balaban J connectivity index is 2.05. The van der Waals surface area contributed by atoms with Gasteiger partial charge in [-0.2, -0.15) is 5.10 Å². The summed E-state index contributed by atoms with van der Waals surface area (Å²) in [6.07, 6.45) is 1.73. The summed E-state index contributed by atoms with van der Waals surface area (Å²) >= 11 is 0. The molecule has 1 aromatic rings. The Morgan fingerprint density at radius 3 is 2.90 bits per heavy atom. The predicted molar refractivity (Wildman–Crippen MR) is 75.6 cm³/mol. The van der Waals surface area contributed by atoms with Gasteiger partial charge in [0.05, 0.1) is 17.2 Å². The molecule has 7 nitrogen and oxygen atoms in total. The molecule has 0 bridgehead atoms. The highest BCUT2D eigenvalue weighted by atomic mass is 32.2. The third-order valence-electron chi connectivity index (χ3n) is 3.83. The zero-order valence-electron chi connectivity index (χ0n) is 11.6. The van der Waals surface area contributed by atoms with Crippen molar-refractivity contribution in [1.82, 2.24) is 9.78 Å². The van der Waals surface area contributed by atoms with Gasteiger partial charge in [0.2, 0.25) is 5.91 Å². The molecule has 3 heterocycles. The molecule has 1 unspecified atom stereocenters. The van der Waals surface area contributed by atoms with Gasteiger partial charge in [0.15, 0.2) is 15.7 Å². The van der Waals surface area contributed by atoms with E-state index in [4.69, 9.17) is 0 Å². The summed E-state index contributed by atoms with van der Waals surface area (Å²) in [5.74, 6) is 0.552. The second-order valence-electron chi connectivity index (χ2n) is 5.33. The number of anilines is 2. The van der Waals surface area contributed by atoms with Gasteiger partial charge in [0, 0.05) is 13.6 Å². The summed E-state index contributed by atoms with van der Waals surface area (Å²) in [6, 6.07) is -0.633. The van der Waals surface area contributed by atoms with E-state index in [-0.39, 0.29) is 17.4 Å². The van der Waals surface area contributed by atoms with E-state index >= 15 is 0 Å². The largest absolute Gasteiger partial charge is 0.341 e. The van der Waals surface area contributed by atoms with Gasteiger partial charge in [-0.3, -0.25) is 9.48 Å². The molecule has 1 fully saturated rings. The number of nitrogens with zero attached hydrogens (tertiary/aromatic N) is 3. The number of fused-ring (bicyclic) bond motifs is 3. The van der Waals surface area contributed by atoms with Crippen LogP contribution in [0.2, 0.25) is 0 Å². The standard InChI is InChI=1S/C12H18N4O3S/c1-3-4-8-10-12(15(2)14-8)16-5-6-20(18,19)7-9(16)11(17)13-10/h9H,3-7H2,1-2H3,(H,13,17). The first-order chi connectivity index (χ1) is 9.43. The van der Waals surface area contributed by atoms with Gasteiger partial charge in [-0.05, 0) is 6.42 Å². The Kier molecular flexibility index (Phi) is 3.00. The van der Waals surface area contributed by atoms with Crippen LogP contribution >= 0.6 is 0 Å². The van der Waals surface area contributed by atoms with E-state index in [1.807, 2.05) is 11.9 Å². The molecule has 0 spiro atoms. The van der Waals surface area contributed by atoms with Crippen LogP contribution in [0.5, 0.6) is 0 Å². The first kappa shape index (κ1) is 13.4. The topological polar surface area (TPSA) is 84.3 Å². The van der Waals surface area contributed by atoms with Gasteiger partial charge in [0.25, 0.3) is 0 Å². The molecule has 2 aliphatic rings. The maximum atomic E-state index is 12.2. The van der Waals surface area contributed by atoms with E-state index in [0.717, 1.165) is 30.0 Å². The predicted octanol–water partition coefficient (Wildman–Crippen LogP) is -0.0719. The molecule has 8 heteroatoms. The van der Waals surface area contributed by atoms with E-state index in [9.17, 15) is 13.2 Å². The summed E-state index contributed by atoms with van der Waals surface area (Å²) in [4.78, 5) is 14.1. The number of aromatic nitrogens is 2. The van der Waals surface area contributed by atoms with Gasteiger partial charge in [-0.25, -0.2) is 8.42 Å². The normalized spacial score (nSPS) is 24.0. The van der Waals surface area contributed by atoms with E-state index in [2.05, 4.69) is 17.3 Å². The SMILES string of the molecule is CCCc1nn(C)c2c1NC(=O)C1CS(=O)(=O)CCN21. The van der Waals surface area contributed by atoms with Crippen LogP contribution in [-0.4, -0.2) is 48.2 Å². The smallest absolute Gasteiger partial charge is 0.248 e. The lowest BCUT2D eigenvalue weighted by Gasteiger charge is -2.39. The minimum absolute atomic E-state index is 0.0878. The van der Waals surface area contributed by atoms with Gasteiger partial charge >= 0.3 is 0 Å². The lowest BCUT2D eigenvalue weighted by Crippen LogP contribution is -2.57. The highest BCUT2D eigenvalue weighted by molar-refractivity contribution is 7.91. The summed E-state index contributed by atoms with van der Waals surface area (Å²) in [7, 11) is -1.31. The molecule has 0 radical (unpaired) electrons. The molecule has 3 rings (SSSR count). The van der Waals surface area contributed by atoms with E-state index in [1.54, 1.807) is 4.68 Å². The number of hydrogen-bond acceptors (Lipinski definition) is 5. The highest BCUT2D eigenvalue weighted by Crippen LogP contribution is 2.36. The van der Waals surface area contributed by atoms with Crippen LogP contribution in [0, 0.1) is 0 Å². The van der Waals surface area contributed by atoms with Crippen molar-refractivity contribution in [2.45, 2.75) is 25.8 Å². The Hall–Kier alpha value is -1.57. The number of amides is 1. The minimum atomic E-state index is -3.14. The van der Waals surface area contributed by atoms with Crippen LogP contribution in [0.15, 0.2) is 0 Å². The van der Waals surface area contributed by atoms with Crippen molar-refractivity contribution in [2.24, 2.45) is 7.05 Å². The first-order valence-corrected chi connectivity index (χ1v) is 8.59. The molecular weight excluding hydrogens is 280 g/mol. The molecule has 0 saturated carbocycles. The second-order valence-corrected chi connectivity index (χ2v) is 7.56. The zero-order valence-corrected chi connectivity index (χ0v) is 12.4.